The van der Waals surface area contributed by atoms with Crippen molar-refractivity contribution in [1.29, 1.82) is 0 Å². The van der Waals surface area contributed by atoms with Crippen molar-refractivity contribution in [2.75, 3.05) is 18.0 Å². The number of carbonyl (C=O) groups is 1. The zero-order valence-corrected chi connectivity index (χ0v) is 20.0. The van der Waals surface area contributed by atoms with Crippen molar-refractivity contribution in [2.24, 2.45) is 17.4 Å². The van der Waals surface area contributed by atoms with Crippen LogP contribution in [-0.4, -0.2) is 51.3 Å². The minimum absolute atomic E-state index is 0.00969. The molecule has 6 N–H and O–H groups in total. The number of piperidine rings is 1. The highest BCUT2D eigenvalue weighted by molar-refractivity contribution is 6.00. The molecule has 0 radical (unpaired) electrons. The smallest absolute Gasteiger partial charge is 0.267 e. The van der Waals surface area contributed by atoms with Gasteiger partial charge in [-0.1, -0.05) is 13.0 Å². The number of amides is 1. The van der Waals surface area contributed by atoms with Gasteiger partial charge in [0.25, 0.3) is 5.91 Å². The number of aliphatic hydroxyl groups excluding tert-OH is 2. The second-order valence-electron chi connectivity index (χ2n) is 9.65. The topological polar surface area (TPSA) is 139 Å². The summed E-state index contributed by atoms with van der Waals surface area (Å²) in [7, 11) is 0. The van der Waals surface area contributed by atoms with Crippen LogP contribution in [-0.2, 0) is 6.42 Å². The molecule has 8 nitrogen and oxygen atoms in total. The highest BCUT2D eigenvalue weighted by Gasteiger charge is 2.36. The first-order chi connectivity index (χ1) is 17.6. The number of fused-ring (bicyclic) bond motifs is 1. The predicted octanol–water partition coefficient (Wildman–Crippen LogP) is 2.45. The molecule has 4 atom stereocenters. The lowest BCUT2D eigenvalue weighted by molar-refractivity contribution is 0.0785. The Balaban J connectivity index is 1.74. The number of carbonyl (C=O) groups excluding carboxylic acids is 1. The van der Waals surface area contributed by atoms with Crippen molar-refractivity contribution >= 4 is 11.6 Å². The van der Waals surface area contributed by atoms with E-state index in [1.807, 2.05) is 11.8 Å². The molecule has 1 saturated heterocycles. The van der Waals surface area contributed by atoms with Crippen molar-refractivity contribution < 1.29 is 28.2 Å². The monoisotopic (exact) mass is 513 g/mol. The number of pyridine rings is 2. The molecule has 11 heteroatoms. The average Bonchev–Trinajstić information content (AvgIpc) is 3.22. The van der Waals surface area contributed by atoms with E-state index in [0.29, 0.717) is 41.9 Å². The molecule has 0 bridgehead atoms. The highest BCUT2D eigenvalue weighted by Crippen LogP contribution is 2.44. The Hall–Kier alpha value is -3.54. The first-order valence-corrected chi connectivity index (χ1v) is 11.9. The number of nitrogens with zero attached hydrogens (tertiary/aromatic N) is 3. The lowest BCUT2D eigenvalue weighted by Gasteiger charge is -2.41. The van der Waals surface area contributed by atoms with Gasteiger partial charge in [0.1, 0.15) is 28.8 Å². The van der Waals surface area contributed by atoms with E-state index < -0.39 is 58.6 Å². The zero-order valence-electron chi connectivity index (χ0n) is 20.0. The van der Waals surface area contributed by atoms with E-state index in [1.165, 1.54) is 6.20 Å². The van der Waals surface area contributed by atoms with Gasteiger partial charge in [0.15, 0.2) is 0 Å². The van der Waals surface area contributed by atoms with Gasteiger partial charge in [0, 0.05) is 47.9 Å². The van der Waals surface area contributed by atoms with Crippen molar-refractivity contribution in [3.63, 3.8) is 0 Å². The Morgan fingerprint density at radius 2 is 1.81 bits per heavy atom. The number of halogens is 3. The number of benzene rings is 1. The minimum atomic E-state index is -1.06. The van der Waals surface area contributed by atoms with Crippen molar-refractivity contribution in [3.05, 3.63) is 64.9 Å². The third-order valence-corrected chi connectivity index (χ3v) is 7.14. The minimum Gasteiger partial charge on any atom is -0.391 e. The molecule has 1 fully saturated rings. The van der Waals surface area contributed by atoms with Crippen LogP contribution in [0.5, 0.6) is 0 Å². The van der Waals surface area contributed by atoms with Crippen LogP contribution in [0.4, 0.5) is 18.9 Å². The van der Waals surface area contributed by atoms with Gasteiger partial charge in [-0.25, -0.2) is 18.2 Å². The van der Waals surface area contributed by atoms with Crippen LogP contribution < -0.4 is 16.4 Å². The fourth-order valence-electron chi connectivity index (χ4n) is 5.35. The molecule has 1 aliphatic heterocycles. The van der Waals surface area contributed by atoms with E-state index in [2.05, 4.69) is 9.97 Å². The van der Waals surface area contributed by atoms with E-state index in [0.717, 1.165) is 24.3 Å². The van der Waals surface area contributed by atoms with E-state index in [1.54, 1.807) is 0 Å². The number of hydrogen-bond donors (Lipinski definition) is 4. The summed E-state index contributed by atoms with van der Waals surface area (Å²) < 4.78 is 44.3. The predicted molar refractivity (Wildman–Crippen MR) is 130 cm³/mol. The SMILES string of the molecule is C[C@H]1CN(c2c(-c3cc(F)c(-c4c(F)cccc4F)nc3C(N)=O)cnc3c2CCC3O)C[C@@H](N)[C@@H]1O. The summed E-state index contributed by atoms with van der Waals surface area (Å²) in [5.41, 5.74) is 12.1. The fraction of sp³-hybridized carbons (Fsp3) is 0.346. The number of aromatic nitrogens is 2. The van der Waals surface area contributed by atoms with Crippen molar-refractivity contribution in [2.45, 2.75) is 38.0 Å². The van der Waals surface area contributed by atoms with E-state index in [-0.39, 0.29) is 18.0 Å². The van der Waals surface area contributed by atoms with Crippen LogP contribution in [0.15, 0.2) is 30.5 Å². The molecule has 2 aromatic heterocycles. The van der Waals surface area contributed by atoms with Crippen LogP contribution in [0.3, 0.4) is 0 Å². The molecule has 3 aromatic rings. The van der Waals surface area contributed by atoms with Gasteiger partial charge in [-0.15, -0.1) is 0 Å². The van der Waals surface area contributed by atoms with Crippen LogP contribution in [0.25, 0.3) is 22.4 Å². The number of anilines is 1. The third kappa shape index (κ3) is 4.22. The van der Waals surface area contributed by atoms with Gasteiger partial charge >= 0.3 is 0 Å². The number of rotatable bonds is 4. The molecule has 1 amide bonds. The summed E-state index contributed by atoms with van der Waals surface area (Å²) in [6, 6.07) is 3.44. The Labute approximate surface area is 210 Å². The van der Waals surface area contributed by atoms with Crippen LogP contribution in [0.2, 0.25) is 0 Å². The van der Waals surface area contributed by atoms with Gasteiger partial charge in [-0.05, 0) is 31.0 Å². The molecular weight excluding hydrogens is 487 g/mol. The van der Waals surface area contributed by atoms with Crippen LogP contribution >= 0.6 is 0 Å². The molecule has 1 unspecified atom stereocenters. The van der Waals surface area contributed by atoms with E-state index in [9.17, 15) is 23.8 Å². The molecular formula is C26H26F3N5O3. The molecule has 0 spiro atoms. The number of hydrogen-bond acceptors (Lipinski definition) is 7. The highest BCUT2D eigenvalue weighted by atomic mass is 19.1. The largest absolute Gasteiger partial charge is 0.391 e. The van der Waals surface area contributed by atoms with Gasteiger partial charge in [0.05, 0.1) is 29.2 Å². The Morgan fingerprint density at radius 1 is 1.11 bits per heavy atom. The van der Waals surface area contributed by atoms with E-state index in [4.69, 9.17) is 11.5 Å². The Kier molecular flexibility index (Phi) is 6.38. The maximum Gasteiger partial charge on any atom is 0.267 e. The molecule has 2 aliphatic rings. The summed E-state index contributed by atoms with van der Waals surface area (Å²) in [4.78, 5) is 22.8. The lowest BCUT2D eigenvalue weighted by Crippen LogP contribution is -2.56. The fourth-order valence-corrected chi connectivity index (χ4v) is 5.35. The van der Waals surface area contributed by atoms with Crippen molar-refractivity contribution in [1.82, 2.24) is 9.97 Å². The normalized spacial score (nSPS) is 23.3. The summed E-state index contributed by atoms with van der Waals surface area (Å²) in [5.74, 6) is -4.38. The summed E-state index contributed by atoms with van der Waals surface area (Å²) in [6.07, 6.45) is 0.778. The summed E-state index contributed by atoms with van der Waals surface area (Å²) in [5, 5.41) is 20.8. The molecule has 5 rings (SSSR count). The molecule has 1 aromatic carbocycles. The van der Waals surface area contributed by atoms with Gasteiger partial charge in [0.2, 0.25) is 0 Å². The first-order valence-electron chi connectivity index (χ1n) is 11.9. The summed E-state index contributed by atoms with van der Waals surface area (Å²) >= 11 is 0. The third-order valence-electron chi connectivity index (χ3n) is 7.14. The standard InChI is InChI=1S/C26H26F3N5O3/c1-11-9-34(10-18(30)25(11)36)24-12-5-6-19(35)21(12)32-8-14(24)13-7-17(29)23(33-22(13)26(31)37)20-15(27)3-2-4-16(20)28/h2-4,7-8,11,18-19,25,35-36H,5-6,9-10,30H2,1H3,(H2,31,37)/t11-,18+,19?,25+/m0/s1. The molecule has 194 valence electrons. The number of primary amides is 1. The van der Waals surface area contributed by atoms with Gasteiger partial charge < -0.3 is 26.6 Å². The average molecular weight is 514 g/mol. The van der Waals surface area contributed by atoms with Crippen LogP contribution in [0, 0.1) is 23.4 Å². The quantitative estimate of drug-likeness (QED) is 0.420. The first kappa shape index (κ1) is 25.1. The number of nitrogens with two attached hydrogens (primary N) is 2. The summed E-state index contributed by atoms with van der Waals surface area (Å²) in [6.45, 7) is 2.50. The molecule has 0 saturated carbocycles. The second-order valence-corrected chi connectivity index (χ2v) is 9.65. The maximum absolute atomic E-state index is 15.4. The second kappa shape index (κ2) is 9.40. The van der Waals surface area contributed by atoms with E-state index >= 15 is 4.39 Å². The maximum atomic E-state index is 15.4. The molecule has 3 heterocycles. The van der Waals surface area contributed by atoms with Gasteiger partial charge in [-0.3, -0.25) is 9.78 Å². The van der Waals surface area contributed by atoms with Crippen molar-refractivity contribution in [3.8, 4) is 22.4 Å². The Morgan fingerprint density at radius 3 is 2.46 bits per heavy atom. The van der Waals surface area contributed by atoms with Crippen LogP contribution in [0.1, 0.15) is 41.2 Å². The lowest BCUT2D eigenvalue weighted by atomic mass is 9.90. The Bertz CT molecular complexity index is 1370. The zero-order chi connectivity index (χ0) is 26.6. The van der Waals surface area contributed by atoms with Gasteiger partial charge in [-0.2, -0.15) is 0 Å². The number of aliphatic hydroxyl groups is 2. The molecule has 1 aliphatic carbocycles. The molecule has 37 heavy (non-hydrogen) atoms.